The van der Waals surface area contributed by atoms with E-state index in [1.165, 1.54) is 24.4 Å². The Morgan fingerprint density at radius 3 is 2.46 bits per heavy atom. The van der Waals surface area contributed by atoms with Crippen LogP contribution in [0, 0.1) is 11.6 Å². The first-order chi connectivity index (χ1) is 12.6. The second-order valence-corrected chi connectivity index (χ2v) is 5.30. The summed E-state index contributed by atoms with van der Waals surface area (Å²) in [4.78, 5) is 8.27. The lowest BCUT2D eigenvalue weighted by Gasteiger charge is -2.10. The van der Waals surface area contributed by atoms with Gasteiger partial charge >= 0.3 is 0 Å². The average molecular weight is 354 g/mol. The Kier molecular flexibility index (Phi) is 5.38. The fourth-order valence-corrected chi connectivity index (χ4v) is 2.21. The van der Waals surface area contributed by atoms with Crippen molar-refractivity contribution in [3.8, 4) is 5.75 Å². The van der Waals surface area contributed by atoms with Crippen LogP contribution in [-0.4, -0.2) is 10.9 Å². The van der Waals surface area contributed by atoms with Crippen LogP contribution in [0.2, 0.25) is 0 Å². The molecule has 0 aliphatic carbocycles. The number of nitrogens with two attached hydrogens (primary N) is 1. The van der Waals surface area contributed by atoms with E-state index in [-0.39, 0.29) is 29.7 Å². The third-order valence-electron chi connectivity index (χ3n) is 3.46. The van der Waals surface area contributed by atoms with Gasteiger partial charge in [0.25, 0.3) is 0 Å². The Morgan fingerprint density at radius 1 is 1.00 bits per heavy atom. The molecule has 0 atom stereocenters. The van der Waals surface area contributed by atoms with Gasteiger partial charge in [0.05, 0.1) is 5.56 Å². The number of hydrogen-bond donors (Lipinski definition) is 2. The third-order valence-corrected chi connectivity index (χ3v) is 3.46. The molecule has 3 rings (SSSR count). The summed E-state index contributed by atoms with van der Waals surface area (Å²) in [6.07, 6.45) is 1.52. The predicted molar refractivity (Wildman–Crippen MR) is 96.3 cm³/mol. The Balaban J connectivity index is 1.77. The Bertz CT molecular complexity index is 896. The second kappa shape index (κ2) is 8.06. The van der Waals surface area contributed by atoms with Crippen molar-refractivity contribution in [1.82, 2.24) is 4.98 Å². The number of benzene rings is 2. The van der Waals surface area contributed by atoms with Crippen molar-refractivity contribution in [3.63, 3.8) is 0 Å². The Hall–Kier alpha value is -3.48. The molecule has 7 heteroatoms. The molecule has 0 fully saturated rings. The lowest BCUT2D eigenvalue weighted by molar-refractivity contribution is 0.292. The van der Waals surface area contributed by atoms with E-state index in [1.54, 1.807) is 12.1 Å². The van der Waals surface area contributed by atoms with Gasteiger partial charge in [0.1, 0.15) is 18.2 Å². The minimum Gasteiger partial charge on any atom is -0.485 e. The smallest absolute Gasteiger partial charge is 0.200 e. The molecule has 0 unspecified atom stereocenters. The first kappa shape index (κ1) is 17.3. The first-order valence-electron chi connectivity index (χ1n) is 7.80. The fourth-order valence-electron chi connectivity index (χ4n) is 2.21. The number of pyridine rings is 1. The van der Waals surface area contributed by atoms with Crippen LogP contribution in [0.15, 0.2) is 71.9 Å². The summed E-state index contributed by atoms with van der Waals surface area (Å²) in [7, 11) is 0. The molecule has 0 saturated carbocycles. The number of rotatable bonds is 5. The highest BCUT2D eigenvalue weighted by Crippen LogP contribution is 2.26. The van der Waals surface area contributed by atoms with Gasteiger partial charge in [-0.1, -0.05) is 24.3 Å². The number of halogens is 2. The third kappa shape index (κ3) is 4.32. The molecule has 3 N–H and O–H groups in total. The maximum Gasteiger partial charge on any atom is 0.200 e. The van der Waals surface area contributed by atoms with Gasteiger partial charge in [-0.3, -0.25) is 0 Å². The van der Waals surface area contributed by atoms with Crippen molar-refractivity contribution in [3.05, 3.63) is 84.1 Å². The fraction of sp³-hybridized carbons (Fsp3) is 0.0526. The van der Waals surface area contributed by atoms with Crippen LogP contribution < -0.4 is 15.8 Å². The van der Waals surface area contributed by atoms with Gasteiger partial charge in [-0.2, -0.15) is 4.99 Å². The topological polar surface area (TPSA) is 72.5 Å². The van der Waals surface area contributed by atoms with Crippen molar-refractivity contribution in [2.24, 2.45) is 10.7 Å². The number of para-hydroxylation sites is 1. The zero-order valence-electron chi connectivity index (χ0n) is 13.7. The highest BCUT2D eigenvalue weighted by molar-refractivity contribution is 5.94. The summed E-state index contributed by atoms with van der Waals surface area (Å²) in [5.74, 6) is -0.789. The standard InChI is InChI=1S/C19H16F2N4O/c20-15-8-4-9-16(21)14(15)12-26-17-10-5-11-23-18(17)25-19(22)24-13-6-2-1-3-7-13/h1-11H,12H2,(H3,22,23,24,25). The summed E-state index contributed by atoms with van der Waals surface area (Å²) < 4.78 is 32.9. The zero-order valence-corrected chi connectivity index (χ0v) is 13.7. The van der Waals surface area contributed by atoms with Gasteiger partial charge in [-0.05, 0) is 36.4 Å². The van der Waals surface area contributed by atoms with Gasteiger partial charge in [-0.25, -0.2) is 13.8 Å². The maximum absolute atomic E-state index is 13.7. The minimum atomic E-state index is -0.677. The van der Waals surface area contributed by atoms with Crippen molar-refractivity contribution in [1.29, 1.82) is 0 Å². The lowest BCUT2D eigenvalue weighted by Crippen LogP contribution is -2.22. The van der Waals surface area contributed by atoms with E-state index in [2.05, 4.69) is 15.3 Å². The van der Waals surface area contributed by atoms with Crippen LogP contribution in [-0.2, 0) is 6.61 Å². The molecule has 0 saturated heterocycles. The molecule has 1 heterocycles. The Morgan fingerprint density at radius 2 is 1.73 bits per heavy atom. The van der Waals surface area contributed by atoms with Crippen molar-refractivity contribution in [2.75, 3.05) is 5.32 Å². The molecule has 3 aromatic rings. The first-order valence-corrected chi connectivity index (χ1v) is 7.80. The van der Waals surface area contributed by atoms with E-state index in [0.717, 1.165) is 5.69 Å². The summed E-state index contributed by atoms with van der Waals surface area (Å²) in [6.45, 7) is -0.293. The number of ether oxygens (including phenoxy) is 1. The second-order valence-electron chi connectivity index (χ2n) is 5.30. The van der Waals surface area contributed by atoms with Crippen LogP contribution in [0.5, 0.6) is 5.75 Å². The minimum absolute atomic E-state index is 0.108. The number of nitrogens with one attached hydrogen (secondary N) is 1. The van der Waals surface area contributed by atoms with E-state index in [9.17, 15) is 8.78 Å². The molecule has 2 aromatic carbocycles. The van der Waals surface area contributed by atoms with E-state index in [0.29, 0.717) is 0 Å². The van der Waals surface area contributed by atoms with Crippen LogP contribution in [0.1, 0.15) is 5.56 Å². The number of aromatic nitrogens is 1. The van der Waals surface area contributed by atoms with E-state index >= 15 is 0 Å². The van der Waals surface area contributed by atoms with Gasteiger partial charge in [-0.15, -0.1) is 0 Å². The van der Waals surface area contributed by atoms with Crippen molar-refractivity contribution in [2.45, 2.75) is 6.61 Å². The van der Waals surface area contributed by atoms with Crippen molar-refractivity contribution < 1.29 is 13.5 Å². The molecular weight excluding hydrogens is 338 g/mol. The predicted octanol–water partition coefficient (Wildman–Crippen LogP) is 4.00. The molecule has 1 aromatic heterocycles. The average Bonchev–Trinajstić information content (AvgIpc) is 2.63. The van der Waals surface area contributed by atoms with E-state index < -0.39 is 11.6 Å². The molecule has 0 aliphatic rings. The highest BCUT2D eigenvalue weighted by Gasteiger charge is 2.11. The highest BCUT2D eigenvalue weighted by atomic mass is 19.1. The summed E-state index contributed by atoms with van der Waals surface area (Å²) in [5, 5.41) is 2.92. The monoisotopic (exact) mass is 354 g/mol. The van der Waals surface area contributed by atoms with Gasteiger partial charge in [0, 0.05) is 11.9 Å². The molecule has 0 radical (unpaired) electrons. The number of hydrogen-bond acceptors (Lipinski definition) is 3. The molecule has 132 valence electrons. The van der Waals surface area contributed by atoms with Crippen LogP contribution in [0.3, 0.4) is 0 Å². The zero-order chi connectivity index (χ0) is 18.4. The molecule has 0 aliphatic heterocycles. The molecule has 0 spiro atoms. The molecule has 26 heavy (non-hydrogen) atoms. The van der Waals surface area contributed by atoms with E-state index in [4.69, 9.17) is 10.5 Å². The number of nitrogens with zero attached hydrogens (tertiary/aromatic N) is 2. The molecular formula is C19H16F2N4O. The molecule has 0 amide bonds. The lowest BCUT2D eigenvalue weighted by atomic mass is 10.2. The number of anilines is 1. The maximum atomic E-state index is 13.7. The number of guanidine groups is 1. The van der Waals surface area contributed by atoms with E-state index in [1.807, 2.05) is 30.3 Å². The van der Waals surface area contributed by atoms with Gasteiger partial charge in [0.15, 0.2) is 17.5 Å². The van der Waals surface area contributed by atoms with Gasteiger partial charge < -0.3 is 15.8 Å². The largest absolute Gasteiger partial charge is 0.485 e. The quantitative estimate of drug-likeness (QED) is 0.537. The number of aliphatic imine (C=N–C) groups is 1. The SMILES string of the molecule is NC(=Nc1ncccc1OCc1c(F)cccc1F)Nc1ccccc1. The summed E-state index contributed by atoms with van der Waals surface area (Å²) in [6, 6.07) is 16.1. The van der Waals surface area contributed by atoms with Gasteiger partial charge in [0.2, 0.25) is 0 Å². The van der Waals surface area contributed by atoms with Crippen LogP contribution >= 0.6 is 0 Å². The van der Waals surface area contributed by atoms with Crippen molar-refractivity contribution >= 4 is 17.5 Å². The summed E-state index contributed by atoms with van der Waals surface area (Å²) >= 11 is 0. The normalized spacial score (nSPS) is 11.2. The Labute approximate surface area is 149 Å². The van der Waals surface area contributed by atoms with Crippen LogP contribution in [0.25, 0.3) is 0 Å². The molecule has 5 nitrogen and oxygen atoms in total. The van der Waals surface area contributed by atoms with Crippen LogP contribution in [0.4, 0.5) is 20.3 Å². The summed E-state index contributed by atoms with van der Waals surface area (Å²) in [5.41, 5.74) is 6.48. The molecule has 0 bridgehead atoms.